The van der Waals surface area contributed by atoms with Crippen LogP contribution in [-0.2, 0) is 19.1 Å². The van der Waals surface area contributed by atoms with Crippen molar-refractivity contribution in [3.05, 3.63) is 58.2 Å². The van der Waals surface area contributed by atoms with Crippen molar-refractivity contribution in [2.24, 2.45) is 4.99 Å². The lowest BCUT2D eigenvalue weighted by atomic mass is 10.1. The lowest BCUT2D eigenvalue weighted by Crippen LogP contribution is -2.13. The van der Waals surface area contributed by atoms with Crippen LogP contribution in [0.4, 0.5) is 0 Å². The van der Waals surface area contributed by atoms with E-state index in [2.05, 4.69) is 9.73 Å². The molecule has 0 spiro atoms. The van der Waals surface area contributed by atoms with Gasteiger partial charge >= 0.3 is 11.9 Å². The van der Waals surface area contributed by atoms with Crippen LogP contribution in [0, 0.1) is 0 Å². The van der Waals surface area contributed by atoms with Gasteiger partial charge in [0.15, 0.2) is 23.8 Å². The number of aliphatic imine (C=N–C) groups is 1. The molecule has 0 atom stereocenters. The molecule has 2 aromatic rings. The van der Waals surface area contributed by atoms with E-state index in [1.165, 1.54) is 20.3 Å². The monoisotopic (exact) mass is 431 g/mol. The number of carbonyl (C=O) groups excluding carboxylic acids is 2. The van der Waals surface area contributed by atoms with E-state index in [-0.39, 0.29) is 34.7 Å². The lowest BCUT2D eigenvalue weighted by molar-refractivity contribution is -0.143. The summed E-state index contributed by atoms with van der Waals surface area (Å²) in [6.45, 7) is -0.326. The Morgan fingerprint density at radius 2 is 1.97 bits per heavy atom. The molecule has 0 aliphatic carbocycles. The van der Waals surface area contributed by atoms with Crippen LogP contribution < -0.4 is 14.2 Å². The summed E-state index contributed by atoms with van der Waals surface area (Å²) in [5.41, 5.74) is 1.23. The van der Waals surface area contributed by atoms with Crippen LogP contribution in [0.1, 0.15) is 11.1 Å². The Morgan fingerprint density at radius 3 is 2.67 bits per heavy atom. The van der Waals surface area contributed by atoms with Crippen molar-refractivity contribution < 1.29 is 33.3 Å². The maximum atomic E-state index is 12.3. The highest BCUT2D eigenvalue weighted by Crippen LogP contribution is 2.37. The summed E-state index contributed by atoms with van der Waals surface area (Å²) in [5, 5.41) is 0.188. The minimum Gasteiger partial charge on any atom is -0.497 e. The SMILES string of the molecule is COC(=O)COc1c(Cl)cc(C=C2N=C(c3cccc(OC)c3)OC2=O)cc1OC. The Balaban J connectivity index is 1.90. The normalized spacial score (nSPS) is 14.2. The molecule has 2 aromatic carbocycles. The molecule has 0 fully saturated rings. The van der Waals surface area contributed by atoms with Crippen molar-refractivity contribution in [1.82, 2.24) is 0 Å². The first kappa shape index (κ1) is 21.2. The number of cyclic esters (lactones) is 1. The van der Waals surface area contributed by atoms with Crippen molar-refractivity contribution in [3.8, 4) is 17.2 Å². The standard InChI is InChI=1S/C21H18ClNO7/c1-26-14-6-4-5-13(10-14)20-23-16(21(25)30-20)8-12-7-15(22)19(17(9-12)27-2)29-11-18(24)28-3/h4-10H,11H2,1-3H3. The first-order chi connectivity index (χ1) is 14.4. The van der Waals surface area contributed by atoms with Gasteiger partial charge in [-0.15, -0.1) is 0 Å². The molecule has 0 amide bonds. The van der Waals surface area contributed by atoms with Crippen molar-refractivity contribution in [3.63, 3.8) is 0 Å². The van der Waals surface area contributed by atoms with Crippen LogP contribution in [0.2, 0.25) is 5.02 Å². The predicted octanol–water partition coefficient (Wildman–Crippen LogP) is 3.25. The summed E-state index contributed by atoms with van der Waals surface area (Å²) in [6, 6.07) is 10.2. The molecule has 3 rings (SSSR count). The van der Waals surface area contributed by atoms with Crippen molar-refractivity contribution >= 4 is 35.5 Å². The van der Waals surface area contributed by atoms with E-state index in [9.17, 15) is 9.59 Å². The average Bonchev–Trinajstić information content (AvgIpc) is 3.12. The molecule has 156 valence electrons. The molecular formula is C21H18ClNO7. The quantitative estimate of drug-likeness (QED) is 0.490. The minimum absolute atomic E-state index is 0.0918. The lowest BCUT2D eigenvalue weighted by Gasteiger charge is -2.12. The van der Waals surface area contributed by atoms with Crippen molar-refractivity contribution in [2.45, 2.75) is 0 Å². The van der Waals surface area contributed by atoms with E-state index in [1.807, 2.05) is 0 Å². The van der Waals surface area contributed by atoms with Crippen LogP contribution in [0.5, 0.6) is 17.2 Å². The number of hydrogen-bond donors (Lipinski definition) is 0. The molecule has 0 N–H and O–H groups in total. The van der Waals surface area contributed by atoms with Gasteiger partial charge < -0.3 is 23.7 Å². The summed E-state index contributed by atoms with van der Waals surface area (Å²) in [7, 11) is 4.22. The smallest absolute Gasteiger partial charge is 0.363 e. The van der Waals surface area contributed by atoms with Gasteiger partial charge in [0.2, 0.25) is 5.90 Å². The van der Waals surface area contributed by atoms with Gasteiger partial charge in [0.1, 0.15) is 5.75 Å². The van der Waals surface area contributed by atoms with Gasteiger partial charge in [-0.2, -0.15) is 0 Å². The Labute approximate surface area is 177 Å². The first-order valence-electron chi connectivity index (χ1n) is 8.69. The number of rotatable bonds is 7. The maximum Gasteiger partial charge on any atom is 0.363 e. The van der Waals surface area contributed by atoms with Crippen LogP contribution in [0.25, 0.3) is 6.08 Å². The predicted molar refractivity (Wildman–Crippen MR) is 109 cm³/mol. The van der Waals surface area contributed by atoms with Gasteiger partial charge in [-0.05, 0) is 42.0 Å². The molecule has 1 aliphatic heterocycles. The second-order valence-electron chi connectivity index (χ2n) is 5.97. The topological polar surface area (TPSA) is 92.7 Å². The summed E-state index contributed by atoms with van der Waals surface area (Å²) in [4.78, 5) is 27.8. The van der Waals surface area contributed by atoms with Crippen LogP contribution >= 0.6 is 11.6 Å². The van der Waals surface area contributed by atoms with E-state index in [0.29, 0.717) is 16.9 Å². The summed E-state index contributed by atoms with van der Waals surface area (Å²) >= 11 is 6.27. The second-order valence-corrected chi connectivity index (χ2v) is 6.37. The molecule has 0 saturated heterocycles. The maximum absolute atomic E-state index is 12.3. The van der Waals surface area contributed by atoms with Crippen LogP contribution in [0.15, 0.2) is 47.1 Å². The van der Waals surface area contributed by atoms with Gasteiger partial charge in [0.25, 0.3) is 0 Å². The molecule has 1 aliphatic rings. The van der Waals surface area contributed by atoms with Gasteiger partial charge in [-0.1, -0.05) is 17.7 Å². The zero-order valence-electron chi connectivity index (χ0n) is 16.4. The minimum atomic E-state index is -0.603. The fraction of sp³-hybridized carbons (Fsp3) is 0.190. The number of methoxy groups -OCH3 is 3. The Bertz CT molecular complexity index is 1050. The molecule has 9 heteroatoms. The molecular weight excluding hydrogens is 414 g/mol. The molecule has 30 heavy (non-hydrogen) atoms. The summed E-state index contributed by atoms with van der Waals surface area (Å²) < 4.78 is 25.6. The Kier molecular flexibility index (Phi) is 6.58. The number of esters is 2. The van der Waals surface area contributed by atoms with Crippen molar-refractivity contribution in [1.29, 1.82) is 0 Å². The van der Waals surface area contributed by atoms with Gasteiger partial charge in [0.05, 0.1) is 26.4 Å². The molecule has 0 unspecified atom stereocenters. The fourth-order valence-corrected chi connectivity index (χ4v) is 2.87. The highest BCUT2D eigenvalue weighted by Gasteiger charge is 2.25. The molecule has 8 nitrogen and oxygen atoms in total. The fourth-order valence-electron chi connectivity index (χ4n) is 2.60. The average molecular weight is 432 g/mol. The highest BCUT2D eigenvalue weighted by molar-refractivity contribution is 6.32. The zero-order valence-corrected chi connectivity index (χ0v) is 17.2. The van der Waals surface area contributed by atoms with Gasteiger partial charge in [-0.25, -0.2) is 14.6 Å². The molecule has 0 radical (unpaired) electrons. The van der Waals surface area contributed by atoms with E-state index in [0.717, 1.165) is 0 Å². The number of hydrogen-bond acceptors (Lipinski definition) is 8. The number of nitrogens with zero attached hydrogens (tertiary/aromatic N) is 1. The number of carbonyl (C=O) groups is 2. The molecule has 1 heterocycles. The third kappa shape index (κ3) is 4.72. The molecule has 0 bridgehead atoms. The van der Waals surface area contributed by atoms with E-state index < -0.39 is 11.9 Å². The van der Waals surface area contributed by atoms with Gasteiger partial charge in [-0.3, -0.25) is 0 Å². The third-order valence-electron chi connectivity index (χ3n) is 4.05. The number of halogens is 1. The summed E-state index contributed by atoms with van der Waals surface area (Å²) in [5.74, 6) is 0.0771. The summed E-state index contributed by atoms with van der Waals surface area (Å²) in [6.07, 6.45) is 1.51. The van der Waals surface area contributed by atoms with Crippen LogP contribution in [-0.4, -0.2) is 45.8 Å². The van der Waals surface area contributed by atoms with Gasteiger partial charge in [0, 0.05) is 5.56 Å². The van der Waals surface area contributed by atoms with E-state index >= 15 is 0 Å². The first-order valence-corrected chi connectivity index (χ1v) is 9.07. The van der Waals surface area contributed by atoms with Crippen molar-refractivity contribution in [2.75, 3.05) is 27.9 Å². The van der Waals surface area contributed by atoms with Crippen LogP contribution in [0.3, 0.4) is 0 Å². The molecule has 0 aromatic heterocycles. The Morgan fingerprint density at radius 1 is 1.17 bits per heavy atom. The third-order valence-corrected chi connectivity index (χ3v) is 4.34. The van der Waals surface area contributed by atoms with E-state index in [4.69, 9.17) is 30.5 Å². The number of ether oxygens (including phenoxy) is 5. The second kappa shape index (κ2) is 9.32. The molecule has 0 saturated carbocycles. The number of benzene rings is 2. The Hall–Kier alpha value is -3.52. The highest BCUT2D eigenvalue weighted by atomic mass is 35.5. The van der Waals surface area contributed by atoms with E-state index in [1.54, 1.807) is 43.5 Å². The largest absolute Gasteiger partial charge is 0.497 e. The zero-order chi connectivity index (χ0) is 21.7.